The summed E-state index contributed by atoms with van der Waals surface area (Å²) in [5.41, 5.74) is 2.46. The number of nitrogens with zero attached hydrogens (tertiary/aromatic N) is 1. The molecule has 0 amide bonds. The molecule has 0 radical (unpaired) electrons. The zero-order valence-corrected chi connectivity index (χ0v) is 18.9. The first kappa shape index (κ1) is 22.6. The Balaban J connectivity index is 1.46. The van der Waals surface area contributed by atoms with Crippen LogP contribution < -0.4 is 9.47 Å². The molecule has 30 heavy (non-hydrogen) atoms. The maximum atomic E-state index is 10.6. The number of hydrogen-bond donors (Lipinski definition) is 1. The highest BCUT2D eigenvalue weighted by atomic mass is 16.5. The summed E-state index contributed by atoms with van der Waals surface area (Å²) in [6.45, 7) is 9.53. The minimum Gasteiger partial charge on any atom is -0.497 e. The highest BCUT2D eigenvalue weighted by Gasteiger charge is 2.23. The largest absolute Gasteiger partial charge is 0.497 e. The molecule has 2 aromatic rings. The molecule has 1 N–H and O–H groups in total. The lowest BCUT2D eigenvalue weighted by atomic mass is 9.86. The van der Waals surface area contributed by atoms with Crippen LogP contribution in [0.1, 0.15) is 44.7 Å². The molecular weight excluding hydrogens is 374 g/mol. The number of likely N-dealkylation sites (tertiary alicyclic amines) is 1. The Bertz CT molecular complexity index is 777. The third-order valence-electron chi connectivity index (χ3n) is 5.97. The van der Waals surface area contributed by atoms with Gasteiger partial charge in [0.05, 0.1) is 7.11 Å². The fourth-order valence-electron chi connectivity index (χ4n) is 4.21. The van der Waals surface area contributed by atoms with Crippen LogP contribution in [0, 0.1) is 5.92 Å². The number of benzene rings is 2. The van der Waals surface area contributed by atoms with Crippen LogP contribution in [0.3, 0.4) is 0 Å². The summed E-state index contributed by atoms with van der Waals surface area (Å²) < 4.78 is 11.4. The van der Waals surface area contributed by atoms with Crippen LogP contribution in [0.15, 0.2) is 48.5 Å². The van der Waals surface area contributed by atoms with Gasteiger partial charge in [0, 0.05) is 12.1 Å². The van der Waals surface area contributed by atoms with Gasteiger partial charge < -0.3 is 19.5 Å². The second-order valence-electron chi connectivity index (χ2n) is 9.51. The SMILES string of the molecule is COc1ccc(OC[C@H](O)CN2CCC(Cc3ccccc3)CC2)c(C(C)(C)C)c1. The molecule has 0 bridgehead atoms. The predicted octanol–water partition coefficient (Wildman–Crippen LogP) is 4.69. The van der Waals surface area contributed by atoms with Crippen molar-refractivity contribution >= 4 is 0 Å². The lowest BCUT2D eigenvalue weighted by Gasteiger charge is -2.33. The summed E-state index contributed by atoms with van der Waals surface area (Å²) in [5.74, 6) is 2.39. The first-order valence-corrected chi connectivity index (χ1v) is 11.1. The lowest BCUT2D eigenvalue weighted by Crippen LogP contribution is -2.41. The normalized spacial score (nSPS) is 17.0. The molecule has 1 saturated heterocycles. The molecule has 0 aromatic heterocycles. The van der Waals surface area contributed by atoms with E-state index in [9.17, 15) is 5.11 Å². The van der Waals surface area contributed by atoms with Crippen LogP contribution in [0.2, 0.25) is 0 Å². The lowest BCUT2D eigenvalue weighted by molar-refractivity contribution is 0.0545. The highest BCUT2D eigenvalue weighted by molar-refractivity contribution is 5.44. The predicted molar refractivity (Wildman–Crippen MR) is 123 cm³/mol. The fraction of sp³-hybridized carbons (Fsp3) is 0.538. The minimum atomic E-state index is -0.495. The average Bonchev–Trinajstić information content (AvgIpc) is 2.73. The summed E-state index contributed by atoms with van der Waals surface area (Å²) in [5, 5.41) is 10.6. The van der Waals surface area contributed by atoms with E-state index < -0.39 is 6.10 Å². The number of aliphatic hydroxyl groups is 1. The van der Waals surface area contributed by atoms with Crippen LogP contribution in [0.4, 0.5) is 0 Å². The molecular formula is C26H37NO3. The van der Waals surface area contributed by atoms with Crippen LogP contribution in [0.25, 0.3) is 0 Å². The summed E-state index contributed by atoms with van der Waals surface area (Å²) >= 11 is 0. The van der Waals surface area contributed by atoms with Crippen molar-refractivity contribution in [2.24, 2.45) is 5.92 Å². The van der Waals surface area contributed by atoms with E-state index >= 15 is 0 Å². The zero-order chi connectivity index (χ0) is 21.6. The average molecular weight is 412 g/mol. The van der Waals surface area contributed by atoms with Crippen LogP contribution in [0.5, 0.6) is 11.5 Å². The molecule has 0 aliphatic carbocycles. The molecule has 1 aliphatic rings. The number of methoxy groups -OCH3 is 1. The monoisotopic (exact) mass is 411 g/mol. The standard InChI is InChI=1S/C26H37NO3/c1-26(2,3)24-17-23(29-4)10-11-25(24)30-19-22(28)18-27-14-12-21(13-15-27)16-20-8-6-5-7-9-20/h5-11,17,21-22,28H,12-16,18-19H2,1-4H3/t22-/m1/s1. The smallest absolute Gasteiger partial charge is 0.123 e. The molecule has 4 nitrogen and oxygen atoms in total. The Morgan fingerprint density at radius 3 is 2.40 bits per heavy atom. The Kier molecular flexibility index (Phi) is 7.79. The van der Waals surface area contributed by atoms with Crippen molar-refractivity contribution in [1.29, 1.82) is 0 Å². The molecule has 4 heteroatoms. The van der Waals surface area contributed by atoms with E-state index in [1.54, 1.807) is 7.11 Å². The van der Waals surface area contributed by atoms with Gasteiger partial charge in [0.1, 0.15) is 24.2 Å². The molecule has 0 unspecified atom stereocenters. The molecule has 0 saturated carbocycles. The van der Waals surface area contributed by atoms with Gasteiger partial charge in [-0.05, 0) is 67.4 Å². The van der Waals surface area contributed by atoms with E-state index in [4.69, 9.17) is 9.47 Å². The maximum absolute atomic E-state index is 10.6. The van der Waals surface area contributed by atoms with E-state index in [2.05, 4.69) is 56.0 Å². The third kappa shape index (κ3) is 6.48. The summed E-state index contributed by atoms with van der Waals surface area (Å²) in [6.07, 6.45) is 3.04. The topological polar surface area (TPSA) is 41.9 Å². The molecule has 1 fully saturated rings. The van der Waals surface area contributed by atoms with Gasteiger partial charge in [0.15, 0.2) is 0 Å². The van der Waals surface area contributed by atoms with Crippen LogP contribution in [-0.2, 0) is 11.8 Å². The van der Waals surface area contributed by atoms with E-state index in [-0.39, 0.29) is 5.41 Å². The van der Waals surface area contributed by atoms with Crippen molar-refractivity contribution in [3.63, 3.8) is 0 Å². The molecule has 1 aliphatic heterocycles. The molecule has 3 rings (SSSR count). The van der Waals surface area contributed by atoms with Crippen molar-refractivity contribution < 1.29 is 14.6 Å². The van der Waals surface area contributed by atoms with Crippen molar-refractivity contribution in [2.45, 2.75) is 51.6 Å². The fourth-order valence-corrected chi connectivity index (χ4v) is 4.21. The Morgan fingerprint density at radius 1 is 1.07 bits per heavy atom. The second-order valence-corrected chi connectivity index (χ2v) is 9.51. The van der Waals surface area contributed by atoms with Crippen molar-refractivity contribution in [2.75, 3.05) is 33.4 Å². The van der Waals surface area contributed by atoms with Gasteiger partial charge in [-0.25, -0.2) is 0 Å². The van der Waals surface area contributed by atoms with E-state index in [0.29, 0.717) is 13.2 Å². The molecule has 1 heterocycles. The summed E-state index contributed by atoms with van der Waals surface area (Å²) in [7, 11) is 1.68. The van der Waals surface area contributed by atoms with E-state index in [1.807, 2.05) is 18.2 Å². The van der Waals surface area contributed by atoms with Crippen LogP contribution >= 0.6 is 0 Å². The number of aliphatic hydroxyl groups excluding tert-OH is 1. The van der Waals surface area contributed by atoms with Gasteiger partial charge >= 0.3 is 0 Å². The molecule has 164 valence electrons. The second kappa shape index (κ2) is 10.3. The summed E-state index contributed by atoms with van der Waals surface area (Å²) in [4.78, 5) is 2.37. The molecule has 0 spiro atoms. The number of piperidine rings is 1. The third-order valence-corrected chi connectivity index (χ3v) is 5.97. The van der Waals surface area contributed by atoms with Gasteiger partial charge in [-0.3, -0.25) is 0 Å². The minimum absolute atomic E-state index is 0.0601. The first-order valence-electron chi connectivity index (χ1n) is 11.1. The number of β-amino-alcohol motifs (C(OH)–C–C–N with tert-alkyl or cyclic N) is 1. The Labute approximate surface area is 181 Å². The van der Waals surface area contributed by atoms with Crippen molar-refractivity contribution in [3.05, 3.63) is 59.7 Å². The van der Waals surface area contributed by atoms with E-state index in [1.165, 1.54) is 18.4 Å². The number of hydrogen-bond acceptors (Lipinski definition) is 4. The molecule has 2 aromatic carbocycles. The zero-order valence-electron chi connectivity index (χ0n) is 18.9. The first-order chi connectivity index (χ1) is 14.3. The van der Waals surface area contributed by atoms with E-state index in [0.717, 1.165) is 42.5 Å². The highest BCUT2D eigenvalue weighted by Crippen LogP contribution is 2.34. The van der Waals surface area contributed by atoms with Gasteiger partial charge in [-0.15, -0.1) is 0 Å². The summed E-state index contributed by atoms with van der Waals surface area (Å²) in [6, 6.07) is 16.6. The Morgan fingerprint density at radius 2 is 1.77 bits per heavy atom. The maximum Gasteiger partial charge on any atom is 0.123 e. The van der Waals surface area contributed by atoms with Crippen molar-refractivity contribution in [1.82, 2.24) is 4.90 Å². The Hall–Kier alpha value is -2.04. The van der Waals surface area contributed by atoms with Gasteiger partial charge in [-0.1, -0.05) is 51.1 Å². The molecule has 1 atom stereocenters. The van der Waals surface area contributed by atoms with Gasteiger partial charge in [0.2, 0.25) is 0 Å². The van der Waals surface area contributed by atoms with Gasteiger partial charge in [0.25, 0.3) is 0 Å². The van der Waals surface area contributed by atoms with Crippen LogP contribution in [-0.4, -0.2) is 49.5 Å². The number of ether oxygens (including phenoxy) is 2. The number of rotatable bonds is 8. The van der Waals surface area contributed by atoms with Crippen molar-refractivity contribution in [3.8, 4) is 11.5 Å². The van der Waals surface area contributed by atoms with Gasteiger partial charge in [-0.2, -0.15) is 0 Å². The quantitative estimate of drug-likeness (QED) is 0.684.